The molecule has 2 aromatic carbocycles. The highest BCUT2D eigenvalue weighted by Crippen LogP contribution is 2.44. The molecule has 1 unspecified atom stereocenters. The SMILES string of the molecule is CCC[C@H](CC(=O)NC(CC)C(=O)O)NC(=O)OCC1c2ccccc2-c2ccccc21. The summed E-state index contributed by atoms with van der Waals surface area (Å²) in [6.07, 6.45) is 1.06. The third kappa shape index (κ3) is 5.46. The molecule has 0 aliphatic heterocycles. The van der Waals surface area contributed by atoms with Crippen molar-refractivity contribution in [3.8, 4) is 11.1 Å². The molecular formula is C25H30N2O5. The van der Waals surface area contributed by atoms with Gasteiger partial charge in [0.2, 0.25) is 5.91 Å². The average molecular weight is 439 g/mol. The second-order valence-electron chi connectivity index (χ2n) is 8.03. The van der Waals surface area contributed by atoms with Crippen molar-refractivity contribution >= 4 is 18.0 Å². The summed E-state index contributed by atoms with van der Waals surface area (Å²) in [5.74, 6) is -1.52. The number of nitrogens with one attached hydrogen (secondary N) is 2. The maximum absolute atomic E-state index is 12.5. The summed E-state index contributed by atoms with van der Waals surface area (Å²) in [4.78, 5) is 35.9. The summed E-state index contributed by atoms with van der Waals surface area (Å²) in [5.41, 5.74) is 4.57. The smallest absolute Gasteiger partial charge is 0.407 e. The lowest BCUT2D eigenvalue weighted by Crippen LogP contribution is -2.44. The van der Waals surface area contributed by atoms with Gasteiger partial charge < -0.3 is 20.5 Å². The number of carbonyl (C=O) groups is 3. The molecule has 170 valence electrons. The highest BCUT2D eigenvalue weighted by atomic mass is 16.5. The first-order chi connectivity index (χ1) is 15.4. The normalized spacial score (nSPS) is 14.1. The Balaban J connectivity index is 1.59. The highest BCUT2D eigenvalue weighted by molar-refractivity contribution is 5.84. The van der Waals surface area contributed by atoms with Crippen molar-refractivity contribution < 1.29 is 24.2 Å². The number of benzene rings is 2. The van der Waals surface area contributed by atoms with Gasteiger partial charge in [0.15, 0.2) is 0 Å². The molecule has 3 N–H and O–H groups in total. The van der Waals surface area contributed by atoms with Gasteiger partial charge in [-0.15, -0.1) is 0 Å². The Hall–Kier alpha value is -3.35. The van der Waals surface area contributed by atoms with Crippen LogP contribution in [0.2, 0.25) is 0 Å². The first kappa shape index (κ1) is 23.3. The van der Waals surface area contributed by atoms with E-state index in [-0.39, 0.29) is 18.9 Å². The zero-order valence-corrected chi connectivity index (χ0v) is 18.5. The maximum atomic E-state index is 12.5. The Labute approximate surface area is 188 Å². The van der Waals surface area contributed by atoms with Gasteiger partial charge in [-0.3, -0.25) is 4.79 Å². The molecule has 0 heterocycles. The number of aliphatic carboxylic acids is 1. The number of alkyl carbamates (subject to hydrolysis) is 1. The predicted molar refractivity (Wildman–Crippen MR) is 121 cm³/mol. The van der Waals surface area contributed by atoms with E-state index < -0.39 is 30.1 Å². The monoisotopic (exact) mass is 438 g/mol. The molecule has 1 aliphatic carbocycles. The van der Waals surface area contributed by atoms with Crippen molar-refractivity contribution in [3.63, 3.8) is 0 Å². The Kier molecular flexibility index (Phi) is 7.87. The number of amides is 2. The van der Waals surface area contributed by atoms with Crippen LogP contribution in [0.15, 0.2) is 48.5 Å². The van der Waals surface area contributed by atoms with E-state index in [4.69, 9.17) is 9.84 Å². The van der Waals surface area contributed by atoms with Gasteiger partial charge in [0.05, 0.1) is 0 Å². The van der Waals surface area contributed by atoms with Crippen LogP contribution in [0, 0.1) is 0 Å². The maximum Gasteiger partial charge on any atom is 0.407 e. The number of ether oxygens (including phenoxy) is 1. The number of carboxylic acids is 1. The first-order valence-corrected chi connectivity index (χ1v) is 11.1. The number of hydrogen-bond acceptors (Lipinski definition) is 4. The molecule has 3 rings (SSSR count). The molecule has 1 aliphatic rings. The third-order valence-corrected chi connectivity index (χ3v) is 5.78. The average Bonchev–Trinajstić information content (AvgIpc) is 3.10. The highest BCUT2D eigenvalue weighted by Gasteiger charge is 2.29. The summed E-state index contributed by atoms with van der Waals surface area (Å²) in [7, 11) is 0. The van der Waals surface area contributed by atoms with Gasteiger partial charge in [-0.2, -0.15) is 0 Å². The van der Waals surface area contributed by atoms with Crippen LogP contribution in [0.1, 0.15) is 56.6 Å². The molecule has 2 atom stereocenters. The van der Waals surface area contributed by atoms with Crippen LogP contribution in [0.4, 0.5) is 4.79 Å². The number of carboxylic acid groups (broad SMARTS) is 1. The second-order valence-corrected chi connectivity index (χ2v) is 8.03. The van der Waals surface area contributed by atoms with E-state index >= 15 is 0 Å². The van der Waals surface area contributed by atoms with Gasteiger partial charge in [-0.25, -0.2) is 9.59 Å². The lowest BCUT2D eigenvalue weighted by atomic mass is 9.98. The van der Waals surface area contributed by atoms with E-state index in [2.05, 4.69) is 34.9 Å². The van der Waals surface area contributed by atoms with Gasteiger partial charge >= 0.3 is 12.1 Å². The fourth-order valence-electron chi connectivity index (χ4n) is 4.20. The summed E-state index contributed by atoms with van der Waals surface area (Å²) in [6, 6.07) is 14.9. The molecule has 0 aromatic heterocycles. The van der Waals surface area contributed by atoms with E-state index in [0.717, 1.165) is 28.7 Å². The van der Waals surface area contributed by atoms with Gasteiger partial charge in [-0.1, -0.05) is 68.8 Å². The van der Waals surface area contributed by atoms with E-state index in [1.165, 1.54) is 0 Å². The topological polar surface area (TPSA) is 105 Å². The molecule has 7 heteroatoms. The van der Waals surface area contributed by atoms with Gasteiger partial charge in [0.25, 0.3) is 0 Å². The largest absolute Gasteiger partial charge is 0.480 e. The van der Waals surface area contributed by atoms with Crippen LogP contribution < -0.4 is 10.6 Å². The zero-order chi connectivity index (χ0) is 23.1. The number of rotatable bonds is 10. The number of carbonyl (C=O) groups excluding carboxylic acids is 2. The van der Waals surface area contributed by atoms with E-state index in [1.54, 1.807) is 6.92 Å². The zero-order valence-electron chi connectivity index (χ0n) is 18.5. The third-order valence-electron chi connectivity index (χ3n) is 5.78. The fourth-order valence-corrected chi connectivity index (χ4v) is 4.20. The molecule has 0 fully saturated rings. The molecular weight excluding hydrogens is 408 g/mol. The van der Waals surface area contributed by atoms with Crippen molar-refractivity contribution in [3.05, 3.63) is 59.7 Å². The van der Waals surface area contributed by atoms with Crippen LogP contribution in [-0.2, 0) is 14.3 Å². The minimum Gasteiger partial charge on any atom is -0.480 e. The molecule has 0 saturated carbocycles. The van der Waals surface area contributed by atoms with Gasteiger partial charge in [0, 0.05) is 18.4 Å². The summed E-state index contributed by atoms with van der Waals surface area (Å²) >= 11 is 0. The second kappa shape index (κ2) is 10.8. The van der Waals surface area contributed by atoms with Crippen molar-refractivity contribution in [1.29, 1.82) is 0 Å². The molecule has 0 spiro atoms. The molecule has 0 saturated heterocycles. The summed E-state index contributed by atoms with van der Waals surface area (Å²) < 4.78 is 5.56. The molecule has 2 amide bonds. The van der Waals surface area contributed by atoms with Crippen LogP contribution in [0.25, 0.3) is 11.1 Å². The summed E-state index contributed by atoms with van der Waals surface area (Å²) in [6.45, 7) is 3.84. The van der Waals surface area contributed by atoms with Gasteiger partial charge in [-0.05, 0) is 35.1 Å². The first-order valence-electron chi connectivity index (χ1n) is 11.1. The minimum atomic E-state index is -1.07. The standard InChI is InChI=1S/C25H30N2O5/c1-3-9-16(14-23(28)27-22(4-2)24(29)30)26-25(31)32-15-21-19-12-7-5-10-17(19)18-11-6-8-13-20(18)21/h5-8,10-13,16,21-22H,3-4,9,14-15H2,1-2H3,(H,26,31)(H,27,28)(H,29,30)/t16-,22?/m1/s1. The van der Waals surface area contributed by atoms with E-state index in [9.17, 15) is 14.4 Å². The quantitative estimate of drug-likeness (QED) is 0.519. The van der Waals surface area contributed by atoms with Crippen molar-refractivity contribution in [2.24, 2.45) is 0 Å². The van der Waals surface area contributed by atoms with Crippen LogP contribution in [-0.4, -0.2) is 41.8 Å². The lowest BCUT2D eigenvalue weighted by molar-refractivity contribution is -0.142. The summed E-state index contributed by atoms with van der Waals surface area (Å²) in [5, 5.41) is 14.4. The molecule has 7 nitrogen and oxygen atoms in total. The lowest BCUT2D eigenvalue weighted by Gasteiger charge is -2.20. The minimum absolute atomic E-state index is 0.00180. The van der Waals surface area contributed by atoms with Crippen LogP contribution in [0.5, 0.6) is 0 Å². The van der Waals surface area contributed by atoms with Crippen LogP contribution in [0.3, 0.4) is 0 Å². The number of fused-ring (bicyclic) bond motifs is 3. The predicted octanol–water partition coefficient (Wildman–Crippen LogP) is 4.06. The molecule has 0 bridgehead atoms. The Bertz CT molecular complexity index is 929. The van der Waals surface area contributed by atoms with Gasteiger partial charge in [0.1, 0.15) is 12.6 Å². The van der Waals surface area contributed by atoms with E-state index in [1.807, 2.05) is 31.2 Å². The molecule has 32 heavy (non-hydrogen) atoms. The Morgan fingerprint density at radius 2 is 1.56 bits per heavy atom. The fraction of sp³-hybridized carbons (Fsp3) is 0.400. The molecule has 0 radical (unpaired) electrons. The Morgan fingerprint density at radius 1 is 0.969 bits per heavy atom. The van der Waals surface area contributed by atoms with E-state index in [0.29, 0.717) is 12.8 Å². The molecule has 2 aromatic rings. The van der Waals surface area contributed by atoms with Crippen molar-refractivity contribution in [2.75, 3.05) is 6.61 Å². The van der Waals surface area contributed by atoms with Crippen LogP contribution >= 0.6 is 0 Å². The van der Waals surface area contributed by atoms with Crippen molar-refractivity contribution in [1.82, 2.24) is 10.6 Å². The van der Waals surface area contributed by atoms with Crippen molar-refractivity contribution in [2.45, 2.75) is 57.5 Å². The Morgan fingerprint density at radius 3 is 2.09 bits per heavy atom. The number of hydrogen-bond donors (Lipinski definition) is 3.